The van der Waals surface area contributed by atoms with E-state index in [-0.39, 0.29) is 12.5 Å². The van der Waals surface area contributed by atoms with Gasteiger partial charge in [-0.1, -0.05) is 0 Å². The molecule has 0 aliphatic carbocycles. The minimum Gasteiger partial charge on any atom is -0.481 e. The molecule has 0 bridgehead atoms. The van der Waals surface area contributed by atoms with Crippen molar-refractivity contribution >= 4 is 16.0 Å². The second-order valence-electron chi connectivity index (χ2n) is 5.70. The quantitative estimate of drug-likeness (QED) is 0.722. The van der Waals surface area contributed by atoms with E-state index in [4.69, 9.17) is 5.11 Å². The highest BCUT2D eigenvalue weighted by molar-refractivity contribution is 7.88. The SMILES string of the molecule is CS(=O)(=O)NC1CCN(Cc2cnn(CCC(=O)O)c2)CC1. The van der Waals surface area contributed by atoms with Gasteiger partial charge in [0.2, 0.25) is 10.0 Å². The number of carboxylic acids is 1. The summed E-state index contributed by atoms with van der Waals surface area (Å²) in [5, 5.41) is 12.8. The lowest BCUT2D eigenvalue weighted by Gasteiger charge is -2.31. The minimum atomic E-state index is -3.14. The van der Waals surface area contributed by atoms with Crippen LogP contribution in [0.1, 0.15) is 24.8 Å². The molecule has 1 saturated heterocycles. The van der Waals surface area contributed by atoms with E-state index >= 15 is 0 Å². The summed E-state index contributed by atoms with van der Waals surface area (Å²) >= 11 is 0. The van der Waals surface area contributed by atoms with Crippen LogP contribution in [0.25, 0.3) is 0 Å². The molecular weight excluding hydrogens is 308 g/mol. The van der Waals surface area contributed by atoms with Crippen LogP contribution in [0.2, 0.25) is 0 Å². The zero-order valence-electron chi connectivity index (χ0n) is 12.6. The Kier molecular flexibility index (Phi) is 5.54. The van der Waals surface area contributed by atoms with E-state index < -0.39 is 16.0 Å². The zero-order valence-corrected chi connectivity index (χ0v) is 13.4. The molecule has 0 aromatic carbocycles. The number of hydrogen-bond acceptors (Lipinski definition) is 5. The number of rotatable bonds is 7. The number of carbonyl (C=O) groups is 1. The molecule has 124 valence electrons. The lowest BCUT2D eigenvalue weighted by molar-refractivity contribution is -0.137. The van der Waals surface area contributed by atoms with Crippen molar-refractivity contribution in [3.05, 3.63) is 18.0 Å². The first-order valence-electron chi connectivity index (χ1n) is 7.24. The van der Waals surface area contributed by atoms with E-state index in [2.05, 4.69) is 14.7 Å². The van der Waals surface area contributed by atoms with Crippen molar-refractivity contribution in [3.63, 3.8) is 0 Å². The number of likely N-dealkylation sites (tertiary alicyclic amines) is 1. The molecule has 1 fully saturated rings. The molecule has 2 rings (SSSR count). The fraction of sp³-hybridized carbons (Fsp3) is 0.692. The van der Waals surface area contributed by atoms with Gasteiger partial charge in [0.05, 0.1) is 25.4 Å². The first kappa shape index (κ1) is 16.9. The molecule has 1 aromatic heterocycles. The van der Waals surface area contributed by atoms with Gasteiger partial charge in [-0.2, -0.15) is 5.10 Å². The summed E-state index contributed by atoms with van der Waals surface area (Å²) in [4.78, 5) is 12.8. The van der Waals surface area contributed by atoms with Crippen LogP contribution in [-0.2, 0) is 27.9 Å². The molecule has 0 radical (unpaired) electrons. The van der Waals surface area contributed by atoms with Gasteiger partial charge in [-0.05, 0) is 12.8 Å². The minimum absolute atomic E-state index is 0.0181. The average molecular weight is 330 g/mol. The number of aromatic nitrogens is 2. The fourth-order valence-corrected chi connectivity index (χ4v) is 3.43. The normalized spacial score (nSPS) is 17.7. The predicted molar refractivity (Wildman–Crippen MR) is 80.8 cm³/mol. The topological polar surface area (TPSA) is 105 Å². The molecule has 9 heteroatoms. The molecule has 0 unspecified atom stereocenters. The van der Waals surface area contributed by atoms with E-state index in [1.807, 2.05) is 6.20 Å². The first-order chi connectivity index (χ1) is 10.3. The van der Waals surface area contributed by atoms with Gasteiger partial charge < -0.3 is 5.11 Å². The Hall–Kier alpha value is -1.45. The zero-order chi connectivity index (χ0) is 16.2. The molecule has 1 aliphatic rings. The Bertz CT molecular complexity index is 605. The maximum atomic E-state index is 11.2. The van der Waals surface area contributed by atoms with Gasteiger partial charge in [0.1, 0.15) is 0 Å². The van der Waals surface area contributed by atoms with Crippen molar-refractivity contribution in [3.8, 4) is 0 Å². The largest absolute Gasteiger partial charge is 0.481 e. The maximum absolute atomic E-state index is 11.2. The number of aryl methyl sites for hydroxylation is 1. The Morgan fingerprint density at radius 1 is 1.45 bits per heavy atom. The van der Waals surface area contributed by atoms with Crippen molar-refractivity contribution in [2.45, 2.75) is 38.4 Å². The Morgan fingerprint density at radius 3 is 2.73 bits per heavy atom. The Morgan fingerprint density at radius 2 is 2.14 bits per heavy atom. The maximum Gasteiger partial charge on any atom is 0.305 e. The van der Waals surface area contributed by atoms with E-state index in [0.29, 0.717) is 6.54 Å². The predicted octanol–water partition coefficient (Wildman–Crippen LogP) is -0.129. The summed E-state index contributed by atoms with van der Waals surface area (Å²) in [7, 11) is -3.14. The van der Waals surface area contributed by atoms with Crippen LogP contribution in [-0.4, -0.2) is 59.6 Å². The Balaban J connectivity index is 1.77. The highest BCUT2D eigenvalue weighted by Gasteiger charge is 2.21. The molecule has 2 heterocycles. The standard InChI is InChI=1S/C13H22N4O4S/c1-22(20,21)15-12-2-5-16(6-3-12)9-11-8-14-17(10-11)7-4-13(18)19/h8,10,12,15H,2-7,9H2,1H3,(H,18,19). The second-order valence-corrected chi connectivity index (χ2v) is 7.48. The van der Waals surface area contributed by atoms with Crippen molar-refractivity contribution < 1.29 is 18.3 Å². The molecule has 0 saturated carbocycles. The van der Waals surface area contributed by atoms with Crippen molar-refractivity contribution in [1.29, 1.82) is 0 Å². The second kappa shape index (κ2) is 7.21. The number of piperidine rings is 1. The van der Waals surface area contributed by atoms with Gasteiger partial charge in [0, 0.05) is 37.4 Å². The van der Waals surface area contributed by atoms with Crippen molar-refractivity contribution in [1.82, 2.24) is 19.4 Å². The van der Waals surface area contributed by atoms with Crippen molar-refractivity contribution in [2.75, 3.05) is 19.3 Å². The van der Waals surface area contributed by atoms with Gasteiger partial charge in [-0.3, -0.25) is 14.4 Å². The van der Waals surface area contributed by atoms with Crippen LogP contribution in [0.5, 0.6) is 0 Å². The van der Waals surface area contributed by atoms with Gasteiger partial charge in [-0.15, -0.1) is 0 Å². The van der Waals surface area contributed by atoms with Gasteiger partial charge in [0.15, 0.2) is 0 Å². The van der Waals surface area contributed by atoms with Crippen LogP contribution in [0.15, 0.2) is 12.4 Å². The smallest absolute Gasteiger partial charge is 0.305 e. The summed E-state index contributed by atoms with van der Waals surface area (Å²) in [5.41, 5.74) is 1.04. The summed E-state index contributed by atoms with van der Waals surface area (Å²) in [6, 6.07) is 0.0181. The number of nitrogens with one attached hydrogen (secondary N) is 1. The Labute approximate surface area is 130 Å². The monoisotopic (exact) mass is 330 g/mol. The summed E-state index contributed by atoms with van der Waals surface area (Å²) < 4.78 is 26.7. The lowest BCUT2D eigenvalue weighted by atomic mass is 10.1. The lowest BCUT2D eigenvalue weighted by Crippen LogP contribution is -2.43. The van der Waals surface area contributed by atoms with Crippen LogP contribution >= 0.6 is 0 Å². The third-order valence-corrected chi connectivity index (χ3v) is 4.38. The molecule has 0 spiro atoms. The third-order valence-electron chi connectivity index (χ3n) is 3.62. The van der Waals surface area contributed by atoms with Gasteiger partial charge in [-0.25, -0.2) is 13.1 Å². The number of nitrogens with zero attached hydrogens (tertiary/aromatic N) is 3. The molecule has 0 amide bonds. The van der Waals surface area contributed by atoms with Crippen LogP contribution in [0.4, 0.5) is 0 Å². The van der Waals surface area contributed by atoms with Crippen molar-refractivity contribution in [2.24, 2.45) is 0 Å². The van der Waals surface area contributed by atoms with E-state index in [9.17, 15) is 13.2 Å². The third kappa shape index (κ3) is 5.74. The highest BCUT2D eigenvalue weighted by Crippen LogP contribution is 2.14. The number of aliphatic carboxylic acids is 1. The molecule has 22 heavy (non-hydrogen) atoms. The molecule has 1 aliphatic heterocycles. The molecule has 1 aromatic rings. The summed E-state index contributed by atoms with van der Waals surface area (Å²) in [6.07, 6.45) is 6.45. The first-order valence-corrected chi connectivity index (χ1v) is 9.14. The average Bonchev–Trinajstić information content (AvgIpc) is 2.85. The van der Waals surface area contributed by atoms with Crippen LogP contribution < -0.4 is 4.72 Å². The number of hydrogen-bond donors (Lipinski definition) is 2. The van der Waals surface area contributed by atoms with Gasteiger partial charge >= 0.3 is 5.97 Å². The molecule has 2 N–H and O–H groups in total. The van der Waals surface area contributed by atoms with Crippen LogP contribution in [0.3, 0.4) is 0 Å². The van der Waals surface area contributed by atoms with E-state index in [1.165, 1.54) is 6.26 Å². The van der Waals surface area contributed by atoms with Gasteiger partial charge in [0.25, 0.3) is 0 Å². The summed E-state index contributed by atoms with van der Waals surface area (Å²) in [5.74, 6) is -0.836. The van der Waals surface area contributed by atoms with Crippen LogP contribution in [0, 0.1) is 0 Å². The number of sulfonamides is 1. The fourth-order valence-electron chi connectivity index (χ4n) is 2.59. The summed E-state index contributed by atoms with van der Waals surface area (Å²) in [6.45, 7) is 2.77. The molecule has 0 atom stereocenters. The van der Waals surface area contributed by atoms with E-state index in [0.717, 1.165) is 38.0 Å². The number of carboxylic acid groups (broad SMARTS) is 1. The molecule has 8 nitrogen and oxygen atoms in total. The molecular formula is C13H22N4O4S. The van der Waals surface area contributed by atoms with E-state index in [1.54, 1.807) is 10.9 Å². The highest BCUT2D eigenvalue weighted by atomic mass is 32.2.